The first-order valence-electron chi connectivity index (χ1n) is 6.62. The van der Waals surface area contributed by atoms with Crippen molar-refractivity contribution in [2.24, 2.45) is 0 Å². The molecule has 1 aromatic carbocycles. The van der Waals surface area contributed by atoms with Gasteiger partial charge in [-0.15, -0.1) is 0 Å². The molecule has 6 heteroatoms. The first kappa shape index (κ1) is 15.5. The van der Waals surface area contributed by atoms with E-state index in [0.717, 1.165) is 16.8 Å². The predicted molar refractivity (Wildman–Crippen MR) is 83.7 cm³/mol. The van der Waals surface area contributed by atoms with E-state index in [9.17, 15) is 8.42 Å². The molecule has 0 atom stereocenters. The average molecular weight is 305 g/mol. The van der Waals surface area contributed by atoms with Crippen molar-refractivity contribution in [2.45, 2.75) is 25.3 Å². The van der Waals surface area contributed by atoms with Crippen molar-refractivity contribution >= 4 is 15.7 Å². The van der Waals surface area contributed by atoms with Crippen LogP contribution in [0, 0.1) is 13.8 Å². The molecule has 112 valence electrons. The first-order valence-corrected chi connectivity index (χ1v) is 8.11. The number of rotatable bonds is 5. The summed E-state index contributed by atoms with van der Waals surface area (Å²) < 4.78 is 27.6. The summed E-state index contributed by atoms with van der Waals surface area (Å²) in [5, 5.41) is 3.03. The number of hydrogen-bond donors (Lipinski definition) is 2. The average Bonchev–Trinajstić information content (AvgIpc) is 2.43. The number of anilines is 1. The number of hydrogen-bond acceptors (Lipinski definition) is 4. The summed E-state index contributed by atoms with van der Waals surface area (Å²) in [5.41, 5.74) is 3.01. The van der Waals surface area contributed by atoms with Crippen LogP contribution in [0.1, 0.15) is 16.8 Å². The zero-order valence-corrected chi connectivity index (χ0v) is 13.2. The van der Waals surface area contributed by atoms with Gasteiger partial charge in [0.15, 0.2) is 0 Å². The van der Waals surface area contributed by atoms with Gasteiger partial charge in [0.05, 0.1) is 16.8 Å². The molecule has 0 saturated carbocycles. The summed E-state index contributed by atoms with van der Waals surface area (Å²) >= 11 is 0. The maximum Gasteiger partial charge on any atom is 0.262 e. The van der Waals surface area contributed by atoms with Crippen LogP contribution >= 0.6 is 0 Å². The summed E-state index contributed by atoms with van der Waals surface area (Å²) in [6.45, 7) is 4.29. The van der Waals surface area contributed by atoms with E-state index >= 15 is 0 Å². The Balaban J connectivity index is 2.35. The number of benzene rings is 1. The van der Waals surface area contributed by atoms with Crippen molar-refractivity contribution in [3.63, 3.8) is 0 Å². The van der Waals surface area contributed by atoms with E-state index in [1.807, 2.05) is 27.0 Å². The molecule has 0 amide bonds. The first-order chi connectivity index (χ1) is 9.94. The van der Waals surface area contributed by atoms with Crippen LogP contribution in [0.5, 0.6) is 0 Å². The molecular weight excluding hydrogens is 286 g/mol. The number of nitrogens with zero attached hydrogens (tertiary/aromatic N) is 1. The zero-order chi connectivity index (χ0) is 15.5. The van der Waals surface area contributed by atoms with Gasteiger partial charge in [0, 0.05) is 12.2 Å². The Labute approximate surface area is 125 Å². The molecule has 0 fully saturated rings. The van der Waals surface area contributed by atoms with Crippen LogP contribution in [0.25, 0.3) is 0 Å². The third-order valence-electron chi connectivity index (χ3n) is 3.22. The number of sulfonamides is 1. The van der Waals surface area contributed by atoms with Gasteiger partial charge >= 0.3 is 0 Å². The lowest BCUT2D eigenvalue weighted by atomic mass is 10.1. The van der Waals surface area contributed by atoms with E-state index in [1.165, 1.54) is 6.20 Å². The Hall–Kier alpha value is -1.92. The molecule has 0 aliphatic rings. The van der Waals surface area contributed by atoms with Crippen molar-refractivity contribution < 1.29 is 8.42 Å². The van der Waals surface area contributed by atoms with E-state index < -0.39 is 10.0 Å². The maximum atomic E-state index is 12.5. The SMILES string of the molecule is CNCc1cccc(S(=O)(=O)Nc2ccc(C)nc2)c1C. The molecule has 0 radical (unpaired) electrons. The normalized spacial score (nSPS) is 11.4. The quantitative estimate of drug-likeness (QED) is 0.888. The molecule has 2 aromatic rings. The Kier molecular flexibility index (Phi) is 4.59. The highest BCUT2D eigenvalue weighted by atomic mass is 32.2. The molecule has 2 N–H and O–H groups in total. The lowest BCUT2D eigenvalue weighted by Crippen LogP contribution is -2.16. The number of aryl methyl sites for hydroxylation is 1. The van der Waals surface area contributed by atoms with E-state index in [2.05, 4.69) is 15.0 Å². The standard InChI is InChI=1S/C15H19N3O2S/c1-11-7-8-14(10-17-11)18-21(19,20)15-6-4-5-13(9-16-3)12(15)2/h4-8,10,16,18H,9H2,1-3H3. The Morgan fingerprint density at radius 3 is 2.52 bits per heavy atom. The van der Waals surface area contributed by atoms with Gasteiger partial charge in [-0.1, -0.05) is 12.1 Å². The van der Waals surface area contributed by atoms with Crippen LogP contribution in [0.2, 0.25) is 0 Å². The minimum atomic E-state index is -3.62. The van der Waals surface area contributed by atoms with Crippen LogP contribution in [0.4, 0.5) is 5.69 Å². The largest absolute Gasteiger partial charge is 0.316 e. The summed E-state index contributed by atoms with van der Waals surface area (Å²) in [4.78, 5) is 4.38. The minimum Gasteiger partial charge on any atom is -0.316 e. The minimum absolute atomic E-state index is 0.288. The van der Waals surface area contributed by atoms with Crippen molar-refractivity contribution in [3.8, 4) is 0 Å². The second kappa shape index (κ2) is 6.24. The Morgan fingerprint density at radius 2 is 1.90 bits per heavy atom. The van der Waals surface area contributed by atoms with Crippen molar-refractivity contribution in [2.75, 3.05) is 11.8 Å². The number of pyridine rings is 1. The molecule has 1 aromatic heterocycles. The lowest BCUT2D eigenvalue weighted by Gasteiger charge is -2.13. The van der Waals surface area contributed by atoms with Gasteiger partial charge in [0.1, 0.15) is 0 Å². The molecular formula is C15H19N3O2S. The van der Waals surface area contributed by atoms with Gasteiger partial charge in [-0.3, -0.25) is 9.71 Å². The second-order valence-electron chi connectivity index (χ2n) is 4.86. The van der Waals surface area contributed by atoms with Crippen LogP contribution in [0.15, 0.2) is 41.4 Å². The predicted octanol–water partition coefficient (Wildman–Crippen LogP) is 2.22. The molecule has 0 unspecified atom stereocenters. The second-order valence-corrected chi connectivity index (χ2v) is 6.52. The van der Waals surface area contributed by atoms with E-state index in [-0.39, 0.29) is 4.90 Å². The fourth-order valence-corrected chi connectivity index (χ4v) is 3.40. The summed E-state index contributed by atoms with van der Waals surface area (Å²) in [5.74, 6) is 0. The van der Waals surface area contributed by atoms with Crippen LogP contribution in [0.3, 0.4) is 0 Å². The number of aromatic nitrogens is 1. The smallest absolute Gasteiger partial charge is 0.262 e. The van der Waals surface area contributed by atoms with Gasteiger partial charge in [-0.05, 0) is 50.2 Å². The van der Waals surface area contributed by atoms with Crippen LogP contribution in [-0.4, -0.2) is 20.4 Å². The van der Waals surface area contributed by atoms with E-state index in [0.29, 0.717) is 12.2 Å². The van der Waals surface area contributed by atoms with Gasteiger partial charge in [0.2, 0.25) is 0 Å². The van der Waals surface area contributed by atoms with Crippen molar-refractivity contribution in [3.05, 3.63) is 53.3 Å². The summed E-state index contributed by atoms with van der Waals surface area (Å²) in [6, 6.07) is 8.74. The summed E-state index contributed by atoms with van der Waals surface area (Å²) in [6.07, 6.45) is 1.51. The molecule has 0 saturated heterocycles. The van der Waals surface area contributed by atoms with E-state index in [4.69, 9.17) is 0 Å². The fraction of sp³-hybridized carbons (Fsp3) is 0.267. The van der Waals surface area contributed by atoms with Crippen LogP contribution in [-0.2, 0) is 16.6 Å². The fourth-order valence-electron chi connectivity index (χ4n) is 2.07. The Morgan fingerprint density at radius 1 is 1.14 bits per heavy atom. The third kappa shape index (κ3) is 3.59. The monoisotopic (exact) mass is 305 g/mol. The highest BCUT2D eigenvalue weighted by Gasteiger charge is 2.18. The van der Waals surface area contributed by atoms with Gasteiger partial charge in [0.25, 0.3) is 10.0 Å². The topological polar surface area (TPSA) is 71.1 Å². The summed E-state index contributed by atoms with van der Waals surface area (Å²) in [7, 11) is -1.79. The molecule has 0 aliphatic heterocycles. The third-order valence-corrected chi connectivity index (χ3v) is 4.74. The molecule has 21 heavy (non-hydrogen) atoms. The zero-order valence-electron chi connectivity index (χ0n) is 12.3. The highest BCUT2D eigenvalue weighted by molar-refractivity contribution is 7.92. The van der Waals surface area contributed by atoms with Gasteiger partial charge in [-0.25, -0.2) is 8.42 Å². The maximum absolute atomic E-state index is 12.5. The van der Waals surface area contributed by atoms with Crippen molar-refractivity contribution in [1.82, 2.24) is 10.3 Å². The van der Waals surface area contributed by atoms with Gasteiger partial charge in [-0.2, -0.15) is 0 Å². The Bertz CT molecular complexity index is 725. The molecule has 5 nitrogen and oxygen atoms in total. The molecule has 0 aliphatic carbocycles. The van der Waals surface area contributed by atoms with Crippen LogP contribution < -0.4 is 10.0 Å². The molecule has 1 heterocycles. The molecule has 2 rings (SSSR count). The molecule has 0 bridgehead atoms. The van der Waals surface area contributed by atoms with E-state index in [1.54, 1.807) is 24.3 Å². The molecule has 0 spiro atoms. The lowest BCUT2D eigenvalue weighted by molar-refractivity contribution is 0.600. The number of nitrogens with one attached hydrogen (secondary N) is 2. The van der Waals surface area contributed by atoms with Gasteiger partial charge < -0.3 is 5.32 Å². The highest BCUT2D eigenvalue weighted by Crippen LogP contribution is 2.21. The van der Waals surface area contributed by atoms with Crippen molar-refractivity contribution in [1.29, 1.82) is 0 Å².